The third-order valence-electron chi connectivity index (χ3n) is 2.25. The summed E-state index contributed by atoms with van der Waals surface area (Å²) in [6.07, 6.45) is -6.95. The van der Waals surface area contributed by atoms with Crippen molar-refractivity contribution in [2.45, 2.75) is 23.9 Å². The predicted octanol–water partition coefficient (Wildman–Crippen LogP) is 5.16. The second-order valence-electron chi connectivity index (χ2n) is 3.65. The van der Waals surface area contributed by atoms with E-state index in [0.717, 1.165) is 11.4 Å². The van der Waals surface area contributed by atoms with Gasteiger partial charge in [-0.1, -0.05) is 0 Å². The normalized spacial score (nSPS) is 14.4. The number of ketones is 1. The van der Waals surface area contributed by atoms with E-state index >= 15 is 0 Å². The minimum atomic E-state index is -7.08. The van der Waals surface area contributed by atoms with Gasteiger partial charge in [-0.05, 0) is 27.4 Å². The van der Waals surface area contributed by atoms with E-state index in [1.165, 1.54) is 0 Å². The lowest BCUT2D eigenvalue weighted by molar-refractivity contribution is -0.386. The van der Waals surface area contributed by atoms with E-state index in [-0.39, 0.29) is 11.3 Å². The van der Waals surface area contributed by atoms with Gasteiger partial charge in [0.15, 0.2) is 0 Å². The number of hydrogen-bond acceptors (Lipinski definition) is 2. The zero-order valence-electron chi connectivity index (χ0n) is 9.25. The van der Waals surface area contributed by atoms with E-state index in [0.29, 0.717) is 0 Å². The average Bonchev–Trinajstić information content (AvgIpc) is 2.72. The summed E-state index contributed by atoms with van der Waals surface area (Å²) in [6, 6.07) is 0.966. The summed E-state index contributed by atoms with van der Waals surface area (Å²) in [7, 11) is 0. The van der Waals surface area contributed by atoms with E-state index in [4.69, 9.17) is 0 Å². The molecule has 0 saturated heterocycles. The van der Waals surface area contributed by atoms with Gasteiger partial charge < -0.3 is 0 Å². The van der Waals surface area contributed by atoms with Crippen LogP contribution in [0, 0.1) is 0 Å². The Morgan fingerprint density at radius 1 is 0.952 bits per heavy atom. The maximum absolute atomic E-state index is 13.3. The highest BCUT2D eigenvalue weighted by Gasteiger charge is 2.83. The number of halogens is 10. The second-order valence-corrected chi connectivity index (χ2v) is 5.42. The quantitative estimate of drug-likeness (QED) is 0.496. The van der Waals surface area contributed by atoms with Crippen LogP contribution in [0.4, 0.5) is 39.5 Å². The van der Waals surface area contributed by atoms with Gasteiger partial charge in [0, 0.05) is 4.47 Å². The molecule has 1 aromatic heterocycles. The van der Waals surface area contributed by atoms with Gasteiger partial charge in [0.2, 0.25) is 5.78 Å². The highest BCUT2D eigenvalue weighted by atomic mass is 79.9. The summed E-state index contributed by atoms with van der Waals surface area (Å²) < 4.78 is 113. The summed E-state index contributed by atoms with van der Waals surface area (Å²) in [4.78, 5) is 10.1. The lowest BCUT2D eigenvalue weighted by Gasteiger charge is -2.32. The van der Waals surface area contributed by atoms with E-state index in [1.807, 2.05) is 0 Å². The number of thiophene rings is 1. The SMILES string of the molecule is O=C(c1sccc1Br)C(F)(F)C(F)(F)C(F)(F)C(F)(F)F. The first-order valence-corrected chi connectivity index (χ1v) is 6.33. The van der Waals surface area contributed by atoms with Crippen LogP contribution in [0.1, 0.15) is 9.67 Å². The van der Waals surface area contributed by atoms with Gasteiger partial charge in [0.25, 0.3) is 0 Å². The van der Waals surface area contributed by atoms with Gasteiger partial charge in [-0.3, -0.25) is 4.79 Å². The van der Waals surface area contributed by atoms with Gasteiger partial charge in [-0.2, -0.15) is 39.5 Å². The van der Waals surface area contributed by atoms with Crippen molar-refractivity contribution in [1.82, 2.24) is 0 Å². The maximum Gasteiger partial charge on any atom is 0.460 e. The van der Waals surface area contributed by atoms with E-state index in [1.54, 1.807) is 0 Å². The van der Waals surface area contributed by atoms with Gasteiger partial charge in [-0.15, -0.1) is 11.3 Å². The number of hydrogen-bond donors (Lipinski definition) is 0. The Kier molecular flexibility index (Phi) is 4.47. The van der Waals surface area contributed by atoms with Crippen molar-refractivity contribution in [3.8, 4) is 0 Å². The first-order chi connectivity index (χ1) is 9.18. The number of rotatable bonds is 4. The molecule has 1 heterocycles. The summed E-state index contributed by atoms with van der Waals surface area (Å²) >= 11 is 2.70. The molecular weight excluding hydrogens is 407 g/mol. The molecule has 12 heteroatoms. The van der Waals surface area contributed by atoms with E-state index in [9.17, 15) is 44.3 Å². The molecule has 0 atom stereocenters. The minimum absolute atomic E-state index is 0.183. The summed E-state index contributed by atoms with van der Waals surface area (Å²) in [5.41, 5.74) is 0. The topological polar surface area (TPSA) is 17.1 Å². The van der Waals surface area contributed by atoms with Crippen LogP contribution in [0.2, 0.25) is 0 Å². The smallest absolute Gasteiger partial charge is 0.286 e. The van der Waals surface area contributed by atoms with Crippen LogP contribution < -0.4 is 0 Å². The lowest BCUT2D eigenvalue weighted by Crippen LogP contribution is -2.63. The van der Waals surface area contributed by atoms with Crippen LogP contribution in [0.3, 0.4) is 0 Å². The lowest BCUT2D eigenvalue weighted by atomic mass is 9.99. The molecular formula is C9H2BrF9OS. The number of Topliss-reactive ketones (excluding diaryl/α,β-unsaturated/α-hetero) is 1. The Hall–Kier alpha value is -0.780. The Bertz CT molecular complexity index is 548. The van der Waals surface area contributed by atoms with E-state index in [2.05, 4.69) is 15.9 Å². The maximum atomic E-state index is 13.3. The van der Waals surface area contributed by atoms with Crippen molar-refractivity contribution < 1.29 is 44.3 Å². The monoisotopic (exact) mass is 408 g/mol. The molecule has 1 aromatic rings. The molecule has 0 bridgehead atoms. The Balaban J connectivity index is 3.35. The van der Waals surface area contributed by atoms with Crippen LogP contribution in [-0.4, -0.2) is 29.7 Å². The largest absolute Gasteiger partial charge is 0.460 e. The standard InChI is InChI=1S/C9H2BrF9OS/c10-3-1-2-21-4(3)5(20)6(11,12)7(13,14)8(15,16)9(17,18)19/h1-2H. The van der Waals surface area contributed by atoms with Crippen molar-refractivity contribution in [3.05, 3.63) is 20.8 Å². The fourth-order valence-electron chi connectivity index (χ4n) is 1.12. The first kappa shape index (κ1) is 18.3. The summed E-state index contributed by atoms with van der Waals surface area (Å²) in [5, 5.41) is 0.980. The highest BCUT2D eigenvalue weighted by Crippen LogP contribution is 2.54. The fourth-order valence-corrected chi connectivity index (χ4v) is 2.64. The molecule has 0 aliphatic carbocycles. The molecule has 0 N–H and O–H groups in total. The summed E-state index contributed by atoms with van der Waals surface area (Å²) in [6.45, 7) is 0. The molecule has 1 rings (SSSR count). The van der Waals surface area contributed by atoms with Crippen molar-refractivity contribution in [1.29, 1.82) is 0 Å². The van der Waals surface area contributed by atoms with Crippen LogP contribution in [-0.2, 0) is 0 Å². The molecule has 120 valence electrons. The van der Waals surface area contributed by atoms with Crippen molar-refractivity contribution in [3.63, 3.8) is 0 Å². The minimum Gasteiger partial charge on any atom is -0.286 e. The molecule has 21 heavy (non-hydrogen) atoms. The summed E-state index contributed by atoms with van der Waals surface area (Å²) in [5.74, 6) is -23.1. The second kappa shape index (κ2) is 5.14. The molecule has 0 radical (unpaired) electrons. The van der Waals surface area contributed by atoms with Gasteiger partial charge in [-0.25, -0.2) is 0 Å². The first-order valence-electron chi connectivity index (χ1n) is 4.66. The molecule has 0 aromatic carbocycles. The molecule has 0 saturated carbocycles. The van der Waals surface area contributed by atoms with E-state index < -0.39 is 39.1 Å². The molecule has 0 aliphatic heterocycles. The predicted molar refractivity (Wildman–Crippen MR) is 57.2 cm³/mol. The highest BCUT2D eigenvalue weighted by molar-refractivity contribution is 9.10. The van der Waals surface area contributed by atoms with Gasteiger partial charge in [0.1, 0.15) is 0 Å². The van der Waals surface area contributed by atoms with Gasteiger partial charge in [0.05, 0.1) is 4.88 Å². The number of alkyl halides is 9. The number of carbonyl (C=O) groups excluding carboxylic acids is 1. The van der Waals surface area contributed by atoms with Crippen LogP contribution in [0.25, 0.3) is 0 Å². The Labute approximate surface area is 122 Å². The average molecular weight is 409 g/mol. The van der Waals surface area contributed by atoms with Gasteiger partial charge >= 0.3 is 23.9 Å². The molecule has 1 nitrogen and oxygen atoms in total. The zero-order valence-corrected chi connectivity index (χ0v) is 11.7. The molecule has 0 aliphatic rings. The third-order valence-corrected chi connectivity index (χ3v) is 4.09. The van der Waals surface area contributed by atoms with Crippen molar-refractivity contribution in [2.75, 3.05) is 0 Å². The van der Waals surface area contributed by atoms with Crippen LogP contribution >= 0.6 is 27.3 Å². The molecule has 0 fully saturated rings. The zero-order chi connectivity index (χ0) is 16.9. The molecule has 0 amide bonds. The Morgan fingerprint density at radius 3 is 1.76 bits per heavy atom. The number of carbonyl (C=O) groups is 1. The molecule has 0 unspecified atom stereocenters. The van der Waals surface area contributed by atoms with Crippen molar-refractivity contribution in [2.24, 2.45) is 0 Å². The molecule has 0 spiro atoms. The fraction of sp³-hybridized carbons (Fsp3) is 0.444. The van der Waals surface area contributed by atoms with Crippen LogP contribution in [0.15, 0.2) is 15.9 Å². The third kappa shape index (κ3) is 2.67. The Morgan fingerprint density at radius 2 is 1.43 bits per heavy atom. The van der Waals surface area contributed by atoms with Crippen LogP contribution in [0.5, 0.6) is 0 Å². The van der Waals surface area contributed by atoms with Crippen molar-refractivity contribution >= 4 is 33.0 Å².